The molecule has 13 rings (SSSR count). The normalized spacial score (nSPS) is 12.9. The van der Waals surface area contributed by atoms with Gasteiger partial charge in [-0.15, -0.1) is 0 Å². The van der Waals surface area contributed by atoms with Crippen molar-refractivity contribution in [2.45, 2.75) is 0 Å². The molecular weight excluding hydrogens is 825 g/mol. The van der Waals surface area contributed by atoms with Gasteiger partial charge in [0.15, 0.2) is 0 Å². The van der Waals surface area contributed by atoms with E-state index in [1.165, 1.54) is 66.8 Å². The zero-order valence-corrected chi connectivity index (χ0v) is 36.3. The molecule has 5 heteroatoms. The number of benzene rings is 9. The summed E-state index contributed by atoms with van der Waals surface area (Å²) in [6.45, 7) is 0. The molecule has 63 heavy (non-hydrogen) atoms. The van der Waals surface area contributed by atoms with Gasteiger partial charge in [-0.25, -0.2) is 0 Å². The first kappa shape index (κ1) is 35.9. The molecule has 0 fully saturated rings. The van der Waals surface area contributed by atoms with Gasteiger partial charge in [0.05, 0.1) is 0 Å². The first-order valence-electron chi connectivity index (χ1n) is 21.6. The third kappa shape index (κ3) is 5.22. The molecule has 0 N–H and O–H groups in total. The fraction of sp³-hybridized carbons (Fsp3) is 0. The van der Waals surface area contributed by atoms with E-state index in [1.54, 1.807) is 0 Å². The van der Waals surface area contributed by atoms with Crippen LogP contribution < -0.4 is 17.6 Å². The van der Waals surface area contributed by atoms with Crippen molar-refractivity contribution in [1.29, 1.82) is 0 Å². The summed E-state index contributed by atoms with van der Waals surface area (Å²) in [5, 5.41) is 4.99. The van der Waals surface area contributed by atoms with E-state index in [0.717, 1.165) is 39.7 Å². The molecule has 0 saturated carbocycles. The van der Waals surface area contributed by atoms with Gasteiger partial charge in [0, 0.05) is 0 Å². The van der Waals surface area contributed by atoms with Crippen LogP contribution in [-0.4, -0.2) is 32.4 Å². The van der Waals surface area contributed by atoms with E-state index in [2.05, 4.69) is 240 Å². The summed E-state index contributed by atoms with van der Waals surface area (Å²) in [4.78, 5) is 11.2. The van der Waals surface area contributed by atoms with Gasteiger partial charge in [-0.05, 0) is 12.1 Å². The van der Waals surface area contributed by atoms with Gasteiger partial charge in [-0.3, -0.25) is 0 Å². The van der Waals surface area contributed by atoms with Gasteiger partial charge in [-0.2, -0.15) is 0 Å². The van der Waals surface area contributed by atoms with E-state index >= 15 is 0 Å². The molecular formula is C58H38GeN4. The molecule has 9 aromatic carbocycles. The summed E-state index contributed by atoms with van der Waals surface area (Å²) in [7, 11) is 0. The quantitative estimate of drug-likeness (QED) is 0.156. The van der Waals surface area contributed by atoms with Crippen LogP contribution in [0.1, 0.15) is 0 Å². The van der Waals surface area contributed by atoms with Crippen molar-refractivity contribution in [3.05, 3.63) is 231 Å². The van der Waals surface area contributed by atoms with Crippen molar-refractivity contribution < 1.29 is 0 Å². The van der Waals surface area contributed by atoms with Crippen LogP contribution in [0.25, 0.3) is 88.9 Å². The van der Waals surface area contributed by atoms with Gasteiger partial charge in [0.1, 0.15) is 0 Å². The Kier molecular flexibility index (Phi) is 8.05. The predicted molar refractivity (Wildman–Crippen MR) is 264 cm³/mol. The fourth-order valence-electron chi connectivity index (χ4n) is 10.7. The monoisotopic (exact) mass is 864 g/mol. The first-order chi connectivity index (χ1) is 31.3. The van der Waals surface area contributed by atoms with Crippen molar-refractivity contribution >= 4 is 74.5 Å². The van der Waals surface area contributed by atoms with Crippen LogP contribution in [0, 0.1) is 0 Å². The van der Waals surface area contributed by atoms with Crippen molar-refractivity contribution in [3.8, 4) is 45.3 Å². The molecule has 0 atom stereocenters. The molecule has 0 aliphatic carbocycles. The molecule has 0 saturated heterocycles. The minimum atomic E-state index is -3.76. The molecule has 4 heterocycles. The Morgan fingerprint density at radius 2 is 0.825 bits per heavy atom. The Morgan fingerprint density at radius 3 is 1.46 bits per heavy atom. The first-order valence-corrected chi connectivity index (χ1v) is 25.8. The fourth-order valence-corrected chi connectivity index (χ4v) is 21.7. The van der Waals surface area contributed by atoms with Crippen molar-refractivity contribution in [2.75, 3.05) is 0 Å². The Hall–Kier alpha value is -7.80. The topological polar surface area (TPSA) is 35.6 Å². The molecule has 0 unspecified atom stereocenters. The molecule has 1 aliphatic rings. The summed E-state index contributed by atoms with van der Waals surface area (Å²) in [5.74, 6) is 0.734. The zero-order valence-electron chi connectivity index (χ0n) is 34.2. The summed E-state index contributed by atoms with van der Waals surface area (Å²) in [6.07, 6.45) is 0. The summed E-state index contributed by atoms with van der Waals surface area (Å²) >= 11 is -3.76. The van der Waals surface area contributed by atoms with Crippen molar-refractivity contribution in [2.24, 2.45) is 0 Å². The predicted octanol–water partition coefficient (Wildman–Crippen LogP) is 11.4. The van der Waals surface area contributed by atoms with Crippen LogP contribution in [0.4, 0.5) is 0 Å². The SMILES string of the molecule is c1ccc(-c2nc(-c3cccc(-n4c5ccccc5c5c6c7ccccc7n(-c7ccccc7)c6ccc54)c3)[c]3c(n2)-c2cccc[c]2[Ge]3([c]2ccccc2)[c]2ccccc2)cc1. The van der Waals surface area contributed by atoms with E-state index in [0.29, 0.717) is 0 Å². The summed E-state index contributed by atoms with van der Waals surface area (Å²) in [6, 6.07) is 84.1. The van der Waals surface area contributed by atoms with Crippen LogP contribution in [-0.2, 0) is 0 Å². The van der Waals surface area contributed by atoms with Crippen LogP contribution in [0.5, 0.6) is 0 Å². The van der Waals surface area contributed by atoms with E-state index in [9.17, 15) is 0 Å². The third-order valence-corrected chi connectivity index (χ3v) is 23.4. The molecule has 0 spiro atoms. The third-order valence-electron chi connectivity index (χ3n) is 13.2. The molecule has 4 nitrogen and oxygen atoms in total. The Balaban J connectivity index is 1.12. The maximum absolute atomic E-state index is 5.69. The molecule has 0 bridgehead atoms. The minimum absolute atomic E-state index is 0.734. The molecule has 12 aromatic rings. The van der Waals surface area contributed by atoms with Gasteiger partial charge in [-0.1, -0.05) is 24.3 Å². The number of nitrogens with zero attached hydrogens (tertiary/aromatic N) is 4. The molecule has 294 valence electrons. The zero-order chi connectivity index (χ0) is 41.5. The van der Waals surface area contributed by atoms with Crippen LogP contribution in [0.15, 0.2) is 231 Å². The molecule has 0 amide bonds. The summed E-state index contributed by atoms with van der Waals surface area (Å²) < 4.78 is 10.3. The average molecular weight is 864 g/mol. The number of aromatic nitrogens is 4. The van der Waals surface area contributed by atoms with E-state index in [1.807, 2.05) is 0 Å². The van der Waals surface area contributed by atoms with Gasteiger partial charge >= 0.3 is 333 Å². The Labute approximate surface area is 367 Å². The second kappa shape index (κ2) is 14.1. The van der Waals surface area contributed by atoms with Crippen LogP contribution in [0.3, 0.4) is 0 Å². The Bertz CT molecular complexity index is 3690. The van der Waals surface area contributed by atoms with E-state index in [4.69, 9.17) is 9.97 Å². The standard InChI is InChI=1S/C58H38GeN4/c1-5-20-39(21-6-1)58-60-56(55-57(61-58)45-30-13-16-33-48(45)59(55,41-23-7-2-8-24-41)42-25-9-3-10-26-42)40-22-19-29-44(38-40)63-50-35-18-15-32-47(50)54-52(63)37-36-51-53(54)46-31-14-17-34-49(46)62(51)43-27-11-4-12-28-43/h1-38H. The summed E-state index contributed by atoms with van der Waals surface area (Å²) in [5.41, 5.74) is 12.3. The van der Waals surface area contributed by atoms with Gasteiger partial charge in [0.2, 0.25) is 0 Å². The number of hydrogen-bond acceptors (Lipinski definition) is 2. The number of rotatable bonds is 6. The molecule has 3 aromatic heterocycles. The average Bonchev–Trinajstić information content (AvgIpc) is 3.99. The Morgan fingerprint density at radius 1 is 0.349 bits per heavy atom. The van der Waals surface area contributed by atoms with Gasteiger partial charge < -0.3 is 0 Å². The van der Waals surface area contributed by atoms with Crippen molar-refractivity contribution in [3.63, 3.8) is 0 Å². The van der Waals surface area contributed by atoms with E-state index in [-0.39, 0.29) is 0 Å². The van der Waals surface area contributed by atoms with Gasteiger partial charge in [0.25, 0.3) is 0 Å². The maximum atomic E-state index is 5.69. The number of para-hydroxylation sites is 3. The second-order valence-electron chi connectivity index (χ2n) is 16.5. The van der Waals surface area contributed by atoms with E-state index < -0.39 is 13.3 Å². The van der Waals surface area contributed by atoms with Crippen LogP contribution in [0.2, 0.25) is 0 Å². The second-order valence-corrected chi connectivity index (χ2v) is 24.2. The number of fused-ring (bicyclic) bond motifs is 10. The number of hydrogen-bond donors (Lipinski definition) is 0. The molecule has 0 radical (unpaired) electrons. The van der Waals surface area contributed by atoms with Crippen LogP contribution >= 0.6 is 0 Å². The molecule has 1 aliphatic heterocycles. The van der Waals surface area contributed by atoms with Crippen molar-refractivity contribution in [1.82, 2.24) is 19.1 Å².